The molecule has 5 nitrogen and oxygen atoms in total. The molecule has 1 aromatic rings. The van der Waals surface area contributed by atoms with E-state index in [1.807, 2.05) is 0 Å². The van der Waals surface area contributed by atoms with Crippen molar-refractivity contribution in [3.8, 4) is 0 Å². The van der Waals surface area contributed by atoms with E-state index in [0.29, 0.717) is 12.2 Å². The van der Waals surface area contributed by atoms with E-state index < -0.39 is 5.91 Å². The first-order valence-electron chi connectivity index (χ1n) is 11.7. The predicted octanol–water partition coefficient (Wildman–Crippen LogP) is 6.75. The van der Waals surface area contributed by atoms with E-state index in [2.05, 4.69) is 16.9 Å². The molecule has 0 saturated heterocycles. The van der Waals surface area contributed by atoms with Crippen LogP contribution in [-0.2, 0) is 0 Å². The minimum Gasteiger partial charge on any atom is -0.364 e. The van der Waals surface area contributed by atoms with Gasteiger partial charge in [-0.3, -0.25) is 9.59 Å². The van der Waals surface area contributed by atoms with Crippen LogP contribution >= 0.6 is 12.4 Å². The van der Waals surface area contributed by atoms with Gasteiger partial charge < -0.3 is 5.73 Å². The number of ketones is 1. The topological polar surface area (TPSA) is 85.9 Å². The van der Waals surface area contributed by atoms with Crippen molar-refractivity contribution in [2.45, 2.75) is 117 Å². The van der Waals surface area contributed by atoms with Crippen LogP contribution in [0.2, 0.25) is 0 Å². The molecule has 0 unspecified atom stereocenters. The molecule has 0 aliphatic rings. The fourth-order valence-corrected chi connectivity index (χ4v) is 3.65. The first-order chi connectivity index (χ1) is 14.1. The Hall–Kier alpha value is -1.49. The van der Waals surface area contributed by atoms with Gasteiger partial charge in [-0.05, 0) is 13.3 Å². The van der Waals surface area contributed by atoms with Gasteiger partial charge in [0, 0.05) is 12.6 Å². The number of hydrogen-bond donors (Lipinski definition) is 1. The lowest BCUT2D eigenvalue weighted by Gasteiger charge is -2.06. The third-order valence-electron chi connectivity index (χ3n) is 5.45. The number of carbonyl (C=O) groups excluding carboxylic acids is 2. The maximum absolute atomic E-state index is 12.3. The minimum atomic E-state index is -0.671. The summed E-state index contributed by atoms with van der Waals surface area (Å²) >= 11 is 0. The summed E-state index contributed by atoms with van der Waals surface area (Å²) in [6, 6.07) is 0. The van der Waals surface area contributed by atoms with Gasteiger partial charge in [0.1, 0.15) is 11.5 Å². The molecule has 0 atom stereocenters. The summed E-state index contributed by atoms with van der Waals surface area (Å²) < 4.78 is 0. The molecule has 2 N–H and O–H groups in total. The number of nitrogens with two attached hydrogens (primary N) is 1. The maximum Gasteiger partial charge on any atom is 0.268 e. The number of Topliss-reactive ketones (excluding diaryl/α,β-unsaturated/α-hetero) is 1. The molecule has 0 radical (unpaired) electrons. The normalized spacial score (nSPS) is 10.6. The highest BCUT2D eigenvalue weighted by molar-refractivity contribution is 6.06. The Balaban J connectivity index is 0.00000841. The van der Waals surface area contributed by atoms with Gasteiger partial charge in [0.25, 0.3) is 5.91 Å². The van der Waals surface area contributed by atoms with Crippen LogP contribution in [0.5, 0.6) is 0 Å². The van der Waals surface area contributed by atoms with Crippen LogP contribution in [0.25, 0.3) is 0 Å². The lowest BCUT2D eigenvalue weighted by Crippen LogP contribution is -2.19. The molecule has 6 heteroatoms. The summed E-state index contributed by atoms with van der Waals surface area (Å²) in [6.07, 6.45) is 21.2. The van der Waals surface area contributed by atoms with Crippen LogP contribution in [0.15, 0.2) is 6.20 Å². The zero-order chi connectivity index (χ0) is 21.3. The summed E-state index contributed by atoms with van der Waals surface area (Å²) in [5, 5.41) is 0. The molecule has 0 spiro atoms. The molecule has 0 aliphatic carbocycles. The highest BCUT2D eigenvalue weighted by atomic mass is 35.5. The standard InChI is InChI=1S/C24H41N3O2.ClH/c1-3-4-5-6-7-8-9-10-11-12-13-14-15-16-17-18-22(28)21-19-26-20(2)27-23(21)24(25)29;/h19H,3-18H2,1-2H3,(H2,25,29);1H. The Kier molecular flexibility index (Phi) is 17.4. The minimum absolute atomic E-state index is 0. The van der Waals surface area contributed by atoms with Crippen LogP contribution in [0, 0.1) is 6.92 Å². The average Bonchev–Trinajstić information content (AvgIpc) is 2.70. The summed E-state index contributed by atoms with van der Waals surface area (Å²) in [7, 11) is 0. The molecule has 0 aliphatic heterocycles. The second-order valence-electron chi connectivity index (χ2n) is 8.17. The van der Waals surface area contributed by atoms with Crippen LogP contribution in [0.1, 0.15) is 136 Å². The van der Waals surface area contributed by atoms with Gasteiger partial charge in [-0.2, -0.15) is 0 Å². The van der Waals surface area contributed by atoms with E-state index in [1.54, 1.807) is 6.92 Å². The van der Waals surface area contributed by atoms with E-state index in [-0.39, 0.29) is 29.4 Å². The summed E-state index contributed by atoms with van der Waals surface area (Å²) in [5.41, 5.74) is 5.63. The molecule has 172 valence electrons. The first kappa shape index (κ1) is 28.5. The lowest BCUT2D eigenvalue weighted by atomic mass is 10.0. The molecule has 1 amide bonds. The number of rotatable bonds is 18. The largest absolute Gasteiger partial charge is 0.364 e. The SMILES string of the molecule is CCCCCCCCCCCCCCCCCC(=O)c1cnc(C)nc1C(N)=O.Cl. The van der Waals surface area contributed by atoms with Crippen molar-refractivity contribution in [2.24, 2.45) is 5.73 Å². The van der Waals surface area contributed by atoms with Crippen LogP contribution in [-0.4, -0.2) is 21.7 Å². The number of nitrogens with zero attached hydrogens (tertiary/aromatic N) is 2. The number of carbonyl (C=O) groups is 2. The van der Waals surface area contributed by atoms with Crippen molar-refractivity contribution in [3.05, 3.63) is 23.3 Å². The average molecular weight is 440 g/mol. The van der Waals surface area contributed by atoms with E-state index in [1.165, 1.54) is 83.2 Å². The van der Waals surface area contributed by atoms with Gasteiger partial charge in [-0.1, -0.05) is 96.8 Å². The smallest absolute Gasteiger partial charge is 0.268 e. The Morgan fingerprint density at radius 3 is 1.67 bits per heavy atom. The van der Waals surface area contributed by atoms with Gasteiger partial charge in [0.05, 0.1) is 5.56 Å². The third kappa shape index (κ3) is 12.9. The second-order valence-corrected chi connectivity index (χ2v) is 8.17. The number of aromatic nitrogens is 2. The summed E-state index contributed by atoms with van der Waals surface area (Å²) in [4.78, 5) is 31.8. The fraction of sp³-hybridized carbons (Fsp3) is 0.750. The Labute approximate surface area is 189 Å². The van der Waals surface area contributed by atoms with Gasteiger partial charge >= 0.3 is 0 Å². The monoisotopic (exact) mass is 439 g/mol. The van der Waals surface area contributed by atoms with Gasteiger partial charge in [-0.25, -0.2) is 9.97 Å². The maximum atomic E-state index is 12.3. The van der Waals surface area contributed by atoms with Crippen molar-refractivity contribution >= 4 is 24.1 Å². The zero-order valence-corrected chi connectivity index (χ0v) is 19.9. The van der Waals surface area contributed by atoms with Crippen molar-refractivity contribution in [1.82, 2.24) is 9.97 Å². The van der Waals surface area contributed by atoms with Crippen LogP contribution in [0.3, 0.4) is 0 Å². The molecular formula is C24H42ClN3O2. The Morgan fingerprint density at radius 2 is 1.23 bits per heavy atom. The van der Waals surface area contributed by atoms with E-state index >= 15 is 0 Å². The Bertz CT molecular complexity index is 608. The number of aryl methyl sites for hydroxylation is 1. The lowest BCUT2D eigenvalue weighted by molar-refractivity contribution is 0.0951. The molecule has 30 heavy (non-hydrogen) atoms. The second kappa shape index (κ2) is 18.3. The number of hydrogen-bond acceptors (Lipinski definition) is 4. The third-order valence-corrected chi connectivity index (χ3v) is 5.45. The van der Waals surface area contributed by atoms with Crippen molar-refractivity contribution in [3.63, 3.8) is 0 Å². The van der Waals surface area contributed by atoms with Gasteiger partial charge in [-0.15, -0.1) is 12.4 Å². The Morgan fingerprint density at radius 1 is 0.800 bits per heavy atom. The zero-order valence-electron chi connectivity index (χ0n) is 19.1. The number of primary amides is 1. The van der Waals surface area contributed by atoms with Crippen molar-refractivity contribution in [2.75, 3.05) is 0 Å². The number of amides is 1. The van der Waals surface area contributed by atoms with E-state index in [0.717, 1.165) is 19.3 Å². The first-order valence-corrected chi connectivity index (χ1v) is 11.7. The quantitative estimate of drug-likeness (QED) is 0.202. The number of unbranched alkanes of at least 4 members (excludes halogenated alkanes) is 14. The van der Waals surface area contributed by atoms with Gasteiger partial charge in [0.2, 0.25) is 0 Å². The molecule has 0 aromatic carbocycles. The molecule has 1 heterocycles. The molecule has 0 fully saturated rings. The van der Waals surface area contributed by atoms with Crippen molar-refractivity contribution < 1.29 is 9.59 Å². The molecular weight excluding hydrogens is 398 g/mol. The highest BCUT2D eigenvalue weighted by Crippen LogP contribution is 2.15. The van der Waals surface area contributed by atoms with E-state index in [4.69, 9.17) is 5.73 Å². The fourth-order valence-electron chi connectivity index (χ4n) is 3.65. The molecule has 1 rings (SSSR count). The molecule has 0 bridgehead atoms. The number of halogens is 1. The van der Waals surface area contributed by atoms with Gasteiger partial charge in [0.15, 0.2) is 5.78 Å². The predicted molar refractivity (Wildman–Crippen MR) is 126 cm³/mol. The van der Waals surface area contributed by atoms with Crippen molar-refractivity contribution in [1.29, 1.82) is 0 Å². The molecule has 0 saturated carbocycles. The van der Waals surface area contributed by atoms with Crippen LogP contribution < -0.4 is 5.73 Å². The summed E-state index contributed by atoms with van der Waals surface area (Å²) in [6.45, 7) is 3.94. The van der Waals surface area contributed by atoms with Crippen LogP contribution in [0.4, 0.5) is 0 Å². The molecule has 1 aromatic heterocycles. The summed E-state index contributed by atoms with van der Waals surface area (Å²) in [5.74, 6) is -0.314. The van der Waals surface area contributed by atoms with E-state index in [9.17, 15) is 9.59 Å². The highest BCUT2D eigenvalue weighted by Gasteiger charge is 2.17.